The van der Waals surface area contributed by atoms with E-state index in [1.54, 1.807) is 4.90 Å². The van der Waals surface area contributed by atoms with Gasteiger partial charge in [0.15, 0.2) is 0 Å². The third-order valence-electron chi connectivity index (χ3n) is 6.44. The largest absolute Gasteiger partial charge is 0.381 e. The summed E-state index contributed by atoms with van der Waals surface area (Å²) in [6.07, 6.45) is 5.90. The van der Waals surface area contributed by atoms with E-state index >= 15 is 0 Å². The Morgan fingerprint density at radius 2 is 1.82 bits per heavy atom. The van der Waals surface area contributed by atoms with E-state index in [4.69, 9.17) is 27.9 Å². The third-order valence-corrected chi connectivity index (χ3v) is 7.18. The first-order valence-electron chi connectivity index (χ1n) is 12.9. The predicted molar refractivity (Wildman–Crippen MR) is 154 cm³/mol. The van der Waals surface area contributed by atoms with Crippen LogP contribution >= 0.6 is 23.2 Å². The lowest BCUT2D eigenvalue weighted by Crippen LogP contribution is -2.30. The molecular formula is C29H34Cl2FN3O3. The highest BCUT2D eigenvalue weighted by Crippen LogP contribution is 2.24. The molecule has 3 aromatic rings. The molecule has 2 fully saturated rings. The Kier molecular flexibility index (Phi) is 11.2. The van der Waals surface area contributed by atoms with Gasteiger partial charge in [0.25, 0.3) is 5.56 Å². The van der Waals surface area contributed by atoms with Crippen molar-refractivity contribution in [3.63, 3.8) is 0 Å². The number of likely N-dealkylation sites (tertiary alicyclic amines) is 1. The standard InChI is InChI=1S/C21H25N3O3.C6H3Cl2F.C2H6/c1-2-20(25)23-9-6-17(14-23)22-16-4-3-15-5-10-24(21(26)19(15)13-16)18-7-11-27-12-8-18;7-5-2-1-4(9)3-6(5)8;1-2/h2-5,10,13,17-18,22H,1,6-9,11-12,14H2;1-3H;1-2H3. The highest BCUT2D eigenvalue weighted by atomic mass is 35.5. The molecule has 2 saturated heterocycles. The number of nitrogens with zero attached hydrogens (tertiary/aromatic N) is 2. The van der Waals surface area contributed by atoms with Crippen molar-refractivity contribution in [2.45, 2.75) is 45.2 Å². The van der Waals surface area contributed by atoms with Gasteiger partial charge in [0.05, 0.1) is 10.0 Å². The maximum atomic E-state index is 13.0. The second-order valence-electron chi connectivity index (χ2n) is 8.85. The molecule has 9 heteroatoms. The van der Waals surface area contributed by atoms with Gasteiger partial charge in [-0.1, -0.05) is 49.7 Å². The van der Waals surface area contributed by atoms with Crippen LogP contribution in [0.25, 0.3) is 10.8 Å². The number of benzene rings is 2. The van der Waals surface area contributed by atoms with Gasteiger partial charge in [-0.2, -0.15) is 0 Å². The lowest BCUT2D eigenvalue weighted by atomic mass is 10.1. The number of ether oxygens (including phenoxy) is 1. The minimum Gasteiger partial charge on any atom is -0.381 e. The Balaban J connectivity index is 0.000000307. The minimum absolute atomic E-state index is 0.0304. The van der Waals surface area contributed by atoms with E-state index in [0.717, 1.165) is 42.3 Å². The van der Waals surface area contributed by atoms with Crippen LogP contribution in [0.5, 0.6) is 0 Å². The third kappa shape index (κ3) is 7.59. The van der Waals surface area contributed by atoms with Crippen LogP contribution in [0.3, 0.4) is 0 Å². The van der Waals surface area contributed by atoms with E-state index in [-0.39, 0.29) is 34.4 Å². The number of hydrogen-bond acceptors (Lipinski definition) is 4. The molecule has 1 unspecified atom stereocenters. The molecule has 0 spiro atoms. The number of pyridine rings is 1. The molecule has 0 aliphatic carbocycles. The van der Waals surface area contributed by atoms with Gasteiger partial charge in [-0.3, -0.25) is 9.59 Å². The van der Waals surface area contributed by atoms with Crippen LogP contribution in [-0.4, -0.2) is 47.7 Å². The first-order valence-corrected chi connectivity index (χ1v) is 13.6. The number of halogens is 3. The summed E-state index contributed by atoms with van der Waals surface area (Å²) >= 11 is 10.9. The molecule has 38 heavy (non-hydrogen) atoms. The van der Waals surface area contributed by atoms with Gasteiger partial charge < -0.3 is 19.5 Å². The fourth-order valence-electron chi connectivity index (χ4n) is 4.51. The molecule has 1 amide bonds. The smallest absolute Gasteiger partial charge is 0.258 e. The van der Waals surface area contributed by atoms with Gasteiger partial charge in [-0.25, -0.2) is 4.39 Å². The quantitative estimate of drug-likeness (QED) is 0.284. The summed E-state index contributed by atoms with van der Waals surface area (Å²) in [4.78, 5) is 26.6. The summed E-state index contributed by atoms with van der Waals surface area (Å²) in [6, 6.07) is 12.2. The zero-order valence-corrected chi connectivity index (χ0v) is 23.3. The first kappa shape index (κ1) is 29.7. The fourth-order valence-corrected chi connectivity index (χ4v) is 4.79. The van der Waals surface area contributed by atoms with Gasteiger partial charge in [-0.15, -0.1) is 0 Å². The number of carbonyl (C=O) groups excluding carboxylic acids is 1. The topological polar surface area (TPSA) is 63.6 Å². The lowest BCUT2D eigenvalue weighted by Gasteiger charge is -2.24. The summed E-state index contributed by atoms with van der Waals surface area (Å²) in [7, 11) is 0. The van der Waals surface area contributed by atoms with Gasteiger partial charge in [0.2, 0.25) is 5.91 Å². The number of carbonyl (C=O) groups is 1. The highest BCUT2D eigenvalue weighted by molar-refractivity contribution is 6.41. The summed E-state index contributed by atoms with van der Waals surface area (Å²) in [5.41, 5.74) is 0.972. The van der Waals surface area contributed by atoms with Crippen LogP contribution in [0.1, 0.15) is 39.2 Å². The summed E-state index contributed by atoms with van der Waals surface area (Å²) in [5, 5.41) is 5.77. The van der Waals surface area contributed by atoms with E-state index in [0.29, 0.717) is 24.8 Å². The Morgan fingerprint density at radius 3 is 2.47 bits per heavy atom. The van der Waals surface area contributed by atoms with Crippen molar-refractivity contribution in [3.05, 3.63) is 87.5 Å². The Morgan fingerprint density at radius 1 is 1.08 bits per heavy atom. The highest BCUT2D eigenvalue weighted by Gasteiger charge is 2.25. The molecule has 6 nitrogen and oxygen atoms in total. The monoisotopic (exact) mass is 561 g/mol. The summed E-state index contributed by atoms with van der Waals surface area (Å²) in [5.74, 6) is -0.401. The summed E-state index contributed by atoms with van der Waals surface area (Å²) in [6.45, 7) is 10.3. The van der Waals surface area contributed by atoms with Crippen molar-refractivity contribution in [1.29, 1.82) is 0 Å². The van der Waals surface area contributed by atoms with Crippen molar-refractivity contribution < 1.29 is 13.9 Å². The minimum atomic E-state index is -0.371. The molecule has 2 aliphatic heterocycles. The number of rotatable bonds is 4. The number of fused-ring (bicyclic) bond motifs is 1. The molecule has 0 radical (unpaired) electrons. The number of nitrogens with one attached hydrogen (secondary N) is 1. The summed E-state index contributed by atoms with van der Waals surface area (Å²) < 4.78 is 19.5. The van der Waals surface area contributed by atoms with Crippen molar-refractivity contribution in [1.82, 2.24) is 9.47 Å². The molecule has 1 N–H and O–H groups in total. The van der Waals surface area contributed by atoms with Crippen LogP contribution in [-0.2, 0) is 9.53 Å². The van der Waals surface area contributed by atoms with Crippen molar-refractivity contribution in [2.24, 2.45) is 0 Å². The zero-order valence-electron chi connectivity index (χ0n) is 21.8. The molecule has 204 valence electrons. The van der Waals surface area contributed by atoms with Crippen molar-refractivity contribution in [3.8, 4) is 0 Å². The van der Waals surface area contributed by atoms with Crippen molar-refractivity contribution in [2.75, 3.05) is 31.6 Å². The molecule has 3 heterocycles. The second-order valence-corrected chi connectivity index (χ2v) is 9.66. The van der Waals surface area contributed by atoms with E-state index in [2.05, 4.69) is 11.9 Å². The number of anilines is 1. The van der Waals surface area contributed by atoms with E-state index in [1.165, 1.54) is 24.3 Å². The van der Waals surface area contributed by atoms with Gasteiger partial charge >= 0.3 is 0 Å². The Bertz CT molecular complexity index is 1310. The second kappa shape index (κ2) is 14.3. The van der Waals surface area contributed by atoms with Crippen molar-refractivity contribution >= 4 is 45.6 Å². The van der Waals surface area contributed by atoms with Gasteiger partial charge in [0.1, 0.15) is 5.82 Å². The average molecular weight is 563 g/mol. The average Bonchev–Trinajstić information content (AvgIpc) is 3.41. The van der Waals surface area contributed by atoms with E-state index in [1.807, 2.05) is 48.9 Å². The Labute approximate surface area is 233 Å². The van der Waals surface area contributed by atoms with Crippen LogP contribution in [0, 0.1) is 5.82 Å². The van der Waals surface area contributed by atoms with Crippen LogP contribution < -0.4 is 10.9 Å². The first-order chi connectivity index (χ1) is 18.4. The van der Waals surface area contributed by atoms with Crippen LogP contribution in [0.4, 0.5) is 10.1 Å². The number of hydrogen-bond donors (Lipinski definition) is 1. The molecular weight excluding hydrogens is 528 g/mol. The Hall–Kier alpha value is -2.87. The molecule has 1 atom stereocenters. The maximum absolute atomic E-state index is 13.0. The lowest BCUT2D eigenvalue weighted by molar-refractivity contribution is -0.125. The van der Waals surface area contributed by atoms with E-state index in [9.17, 15) is 14.0 Å². The fraction of sp³-hybridized carbons (Fsp3) is 0.379. The van der Waals surface area contributed by atoms with Crippen LogP contribution in [0.2, 0.25) is 10.0 Å². The predicted octanol–water partition coefficient (Wildman–Crippen LogP) is 6.71. The van der Waals surface area contributed by atoms with Crippen LogP contribution in [0.15, 0.2) is 66.1 Å². The zero-order chi connectivity index (χ0) is 27.7. The molecule has 2 aliphatic rings. The van der Waals surface area contributed by atoms with Gasteiger partial charge in [-0.05, 0) is 67.1 Å². The van der Waals surface area contributed by atoms with E-state index < -0.39 is 0 Å². The normalized spacial score (nSPS) is 17.2. The SMILES string of the molecule is C=CC(=O)N1CCC(Nc2ccc3ccn(C4CCOCC4)c(=O)c3c2)C1.CC.Fc1ccc(Cl)c(Cl)c1. The molecule has 5 rings (SSSR count). The molecule has 0 bridgehead atoms. The number of amides is 1. The molecule has 2 aromatic carbocycles. The van der Waals surface area contributed by atoms with Gasteiger partial charge in [0, 0.05) is 55.7 Å². The maximum Gasteiger partial charge on any atom is 0.258 e. The number of aromatic nitrogens is 1. The molecule has 0 saturated carbocycles. The molecule has 1 aromatic heterocycles.